The predicted molar refractivity (Wildman–Crippen MR) is 76.6 cm³/mol. The molecule has 1 atom stereocenters. The maximum atomic E-state index is 11.8. The molecule has 0 radical (unpaired) electrons. The Morgan fingerprint density at radius 1 is 1.37 bits per heavy atom. The molecule has 2 rings (SSSR count). The fourth-order valence-corrected chi connectivity index (χ4v) is 2.17. The van der Waals surface area contributed by atoms with E-state index in [0.29, 0.717) is 0 Å². The molecule has 1 aromatic carbocycles. The van der Waals surface area contributed by atoms with E-state index in [0.717, 1.165) is 24.4 Å². The van der Waals surface area contributed by atoms with Crippen LogP contribution >= 0.6 is 0 Å². The maximum Gasteiger partial charge on any atom is 0.260 e. The molecule has 0 aliphatic carbocycles. The molecule has 19 heavy (non-hydrogen) atoms. The standard InChI is InChI=1S/C15H22N2O2/c1-10(2)17-15(18)11(3)19-13-7-6-12-5-4-8-16-14(12)9-13/h6-7,9-11,16H,4-5,8H2,1-3H3,(H,17,18). The Kier molecular flexibility index (Phi) is 4.30. The second-order valence-corrected chi connectivity index (χ2v) is 5.27. The molecule has 0 bridgehead atoms. The van der Waals surface area contributed by atoms with Gasteiger partial charge >= 0.3 is 0 Å². The van der Waals surface area contributed by atoms with Crippen molar-refractivity contribution < 1.29 is 9.53 Å². The van der Waals surface area contributed by atoms with Crippen molar-refractivity contribution in [1.82, 2.24) is 5.32 Å². The molecule has 1 aliphatic heterocycles. The van der Waals surface area contributed by atoms with E-state index in [1.54, 1.807) is 6.92 Å². The topological polar surface area (TPSA) is 50.4 Å². The van der Waals surface area contributed by atoms with Crippen LogP contribution in [-0.2, 0) is 11.2 Å². The van der Waals surface area contributed by atoms with Gasteiger partial charge in [0.1, 0.15) is 5.75 Å². The van der Waals surface area contributed by atoms with Crippen LogP contribution < -0.4 is 15.4 Å². The summed E-state index contributed by atoms with van der Waals surface area (Å²) in [4.78, 5) is 11.8. The molecule has 0 aromatic heterocycles. The van der Waals surface area contributed by atoms with Gasteiger partial charge in [-0.3, -0.25) is 4.79 Å². The lowest BCUT2D eigenvalue weighted by molar-refractivity contribution is -0.127. The fraction of sp³-hybridized carbons (Fsp3) is 0.533. The van der Waals surface area contributed by atoms with Crippen LogP contribution in [0.2, 0.25) is 0 Å². The van der Waals surface area contributed by atoms with Crippen molar-refractivity contribution >= 4 is 11.6 Å². The number of amides is 1. The van der Waals surface area contributed by atoms with E-state index in [-0.39, 0.29) is 11.9 Å². The van der Waals surface area contributed by atoms with Crippen LogP contribution in [0.25, 0.3) is 0 Å². The molecule has 1 amide bonds. The summed E-state index contributed by atoms with van der Waals surface area (Å²) in [6.07, 6.45) is 1.79. The van der Waals surface area contributed by atoms with E-state index in [4.69, 9.17) is 4.74 Å². The Labute approximate surface area is 114 Å². The van der Waals surface area contributed by atoms with Gasteiger partial charge in [0, 0.05) is 24.3 Å². The van der Waals surface area contributed by atoms with E-state index < -0.39 is 6.10 Å². The number of ether oxygens (including phenoxy) is 1. The Morgan fingerprint density at radius 2 is 2.16 bits per heavy atom. The van der Waals surface area contributed by atoms with Gasteiger partial charge in [-0.05, 0) is 45.2 Å². The second-order valence-electron chi connectivity index (χ2n) is 5.27. The lowest BCUT2D eigenvalue weighted by Gasteiger charge is -2.20. The third-order valence-electron chi connectivity index (χ3n) is 3.13. The lowest BCUT2D eigenvalue weighted by atomic mass is 10.0. The van der Waals surface area contributed by atoms with Gasteiger partial charge in [-0.2, -0.15) is 0 Å². The summed E-state index contributed by atoms with van der Waals surface area (Å²) < 4.78 is 5.69. The van der Waals surface area contributed by atoms with Crippen molar-refractivity contribution in [3.8, 4) is 5.75 Å². The third-order valence-corrected chi connectivity index (χ3v) is 3.13. The zero-order valence-corrected chi connectivity index (χ0v) is 11.8. The van der Waals surface area contributed by atoms with E-state index in [2.05, 4.69) is 16.7 Å². The highest BCUT2D eigenvalue weighted by atomic mass is 16.5. The monoisotopic (exact) mass is 262 g/mol. The van der Waals surface area contributed by atoms with Crippen LogP contribution in [0.4, 0.5) is 5.69 Å². The molecule has 1 aromatic rings. The molecular weight excluding hydrogens is 240 g/mol. The Hall–Kier alpha value is -1.71. The first-order valence-corrected chi connectivity index (χ1v) is 6.90. The van der Waals surface area contributed by atoms with Crippen molar-refractivity contribution in [1.29, 1.82) is 0 Å². The third kappa shape index (κ3) is 3.63. The lowest BCUT2D eigenvalue weighted by Crippen LogP contribution is -2.40. The van der Waals surface area contributed by atoms with E-state index in [1.807, 2.05) is 26.0 Å². The zero-order chi connectivity index (χ0) is 13.8. The van der Waals surface area contributed by atoms with Gasteiger partial charge in [-0.15, -0.1) is 0 Å². The number of hydrogen-bond acceptors (Lipinski definition) is 3. The maximum absolute atomic E-state index is 11.8. The molecule has 0 saturated carbocycles. The van der Waals surface area contributed by atoms with Gasteiger partial charge in [0.2, 0.25) is 0 Å². The summed E-state index contributed by atoms with van der Waals surface area (Å²) in [7, 11) is 0. The highest BCUT2D eigenvalue weighted by Gasteiger charge is 2.16. The molecular formula is C15H22N2O2. The van der Waals surface area contributed by atoms with Crippen LogP contribution in [0.5, 0.6) is 5.75 Å². The molecule has 1 aliphatic rings. The van der Waals surface area contributed by atoms with Crippen molar-refractivity contribution in [3.05, 3.63) is 23.8 Å². The average molecular weight is 262 g/mol. The predicted octanol–water partition coefficient (Wildman–Crippen LogP) is 2.34. The molecule has 4 nitrogen and oxygen atoms in total. The number of carbonyl (C=O) groups is 1. The van der Waals surface area contributed by atoms with Gasteiger partial charge in [-0.1, -0.05) is 6.07 Å². The summed E-state index contributed by atoms with van der Waals surface area (Å²) in [5.41, 5.74) is 2.44. The molecule has 0 fully saturated rings. The zero-order valence-electron chi connectivity index (χ0n) is 11.8. The van der Waals surface area contributed by atoms with Crippen molar-refractivity contribution in [2.75, 3.05) is 11.9 Å². The molecule has 2 N–H and O–H groups in total. The van der Waals surface area contributed by atoms with Crippen LogP contribution in [0, 0.1) is 0 Å². The SMILES string of the molecule is CC(C)NC(=O)C(C)Oc1ccc2c(c1)NCCC2. The van der Waals surface area contributed by atoms with E-state index in [1.165, 1.54) is 12.0 Å². The van der Waals surface area contributed by atoms with Crippen molar-refractivity contribution in [2.24, 2.45) is 0 Å². The number of carbonyl (C=O) groups excluding carboxylic acids is 1. The highest BCUT2D eigenvalue weighted by Crippen LogP contribution is 2.27. The fourth-order valence-electron chi connectivity index (χ4n) is 2.17. The summed E-state index contributed by atoms with van der Waals surface area (Å²) in [5.74, 6) is 0.653. The molecule has 1 unspecified atom stereocenters. The Balaban J connectivity index is 2.01. The Bertz CT molecular complexity index is 457. The first-order chi connectivity index (χ1) is 9.06. The molecule has 0 spiro atoms. The van der Waals surface area contributed by atoms with Gasteiger partial charge in [0.25, 0.3) is 5.91 Å². The van der Waals surface area contributed by atoms with Gasteiger partial charge in [0.05, 0.1) is 0 Å². The molecule has 4 heteroatoms. The van der Waals surface area contributed by atoms with E-state index >= 15 is 0 Å². The normalized spacial score (nSPS) is 15.4. The quantitative estimate of drug-likeness (QED) is 0.875. The summed E-state index contributed by atoms with van der Waals surface area (Å²) in [5, 5.41) is 6.20. The van der Waals surface area contributed by atoms with Crippen molar-refractivity contribution in [3.63, 3.8) is 0 Å². The minimum Gasteiger partial charge on any atom is -0.481 e. The number of rotatable bonds is 4. The van der Waals surface area contributed by atoms with Crippen molar-refractivity contribution in [2.45, 2.75) is 45.8 Å². The largest absolute Gasteiger partial charge is 0.481 e. The molecule has 1 heterocycles. The number of hydrogen-bond donors (Lipinski definition) is 2. The number of fused-ring (bicyclic) bond motifs is 1. The van der Waals surface area contributed by atoms with Crippen LogP contribution in [0.3, 0.4) is 0 Å². The minimum absolute atomic E-state index is 0.0827. The molecule has 0 saturated heterocycles. The minimum atomic E-state index is -0.482. The van der Waals surface area contributed by atoms with E-state index in [9.17, 15) is 4.79 Å². The average Bonchev–Trinajstić information content (AvgIpc) is 2.37. The van der Waals surface area contributed by atoms with Gasteiger partial charge in [0.15, 0.2) is 6.10 Å². The number of benzene rings is 1. The molecule has 104 valence electrons. The Morgan fingerprint density at radius 3 is 2.89 bits per heavy atom. The van der Waals surface area contributed by atoms with Crippen LogP contribution in [0.1, 0.15) is 32.8 Å². The first kappa shape index (κ1) is 13.7. The van der Waals surface area contributed by atoms with Crippen LogP contribution in [0.15, 0.2) is 18.2 Å². The summed E-state index contributed by atoms with van der Waals surface area (Å²) >= 11 is 0. The summed E-state index contributed by atoms with van der Waals surface area (Å²) in [6, 6.07) is 6.12. The summed E-state index contributed by atoms with van der Waals surface area (Å²) in [6.45, 7) is 6.64. The van der Waals surface area contributed by atoms with Gasteiger partial charge in [-0.25, -0.2) is 0 Å². The highest BCUT2D eigenvalue weighted by molar-refractivity contribution is 5.81. The van der Waals surface area contributed by atoms with Crippen LogP contribution in [-0.4, -0.2) is 24.6 Å². The number of nitrogens with one attached hydrogen (secondary N) is 2. The second kappa shape index (κ2) is 5.95. The number of anilines is 1. The van der Waals surface area contributed by atoms with Gasteiger partial charge < -0.3 is 15.4 Å². The first-order valence-electron chi connectivity index (χ1n) is 6.90. The smallest absolute Gasteiger partial charge is 0.260 e. The number of aryl methyl sites for hydroxylation is 1.